The Morgan fingerprint density at radius 2 is 1.73 bits per heavy atom. The second-order valence-electron chi connectivity index (χ2n) is 9.61. The van der Waals surface area contributed by atoms with E-state index in [0.717, 1.165) is 32.4 Å². The predicted molar refractivity (Wildman–Crippen MR) is 134 cm³/mol. The number of carbonyl (C=O) groups is 5. The van der Waals surface area contributed by atoms with Gasteiger partial charge < -0.3 is 30.7 Å². The Morgan fingerprint density at radius 3 is 2.38 bits per heavy atom. The number of esters is 1. The molecule has 0 aliphatic carbocycles. The third-order valence-electron chi connectivity index (χ3n) is 6.94. The highest BCUT2D eigenvalue weighted by atomic mass is 16.5. The number of carboxylic acids is 1. The number of rotatable bonds is 10. The molecule has 11 heteroatoms. The molecule has 1 aromatic rings. The van der Waals surface area contributed by atoms with Gasteiger partial charge in [-0.2, -0.15) is 0 Å². The van der Waals surface area contributed by atoms with Crippen LogP contribution in [0.3, 0.4) is 0 Å². The highest BCUT2D eigenvalue weighted by Gasteiger charge is 2.30. The normalized spacial score (nSPS) is 18.9. The van der Waals surface area contributed by atoms with Crippen molar-refractivity contribution in [2.45, 2.75) is 51.1 Å². The maximum atomic E-state index is 13.0. The van der Waals surface area contributed by atoms with Gasteiger partial charge in [-0.25, -0.2) is 4.79 Å². The number of benzene rings is 1. The molecule has 0 unspecified atom stereocenters. The van der Waals surface area contributed by atoms with Gasteiger partial charge in [0.05, 0.1) is 25.0 Å². The molecule has 0 saturated carbocycles. The average Bonchev–Trinajstić information content (AvgIpc) is 2.91. The number of ether oxygens (including phenoxy) is 1. The molecule has 3 rings (SSSR count). The molecule has 0 aromatic heterocycles. The van der Waals surface area contributed by atoms with E-state index in [4.69, 9.17) is 0 Å². The van der Waals surface area contributed by atoms with E-state index in [9.17, 15) is 29.1 Å². The van der Waals surface area contributed by atoms with Crippen LogP contribution in [0.15, 0.2) is 24.3 Å². The third-order valence-corrected chi connectivity index (χ3v) is 6.94. The van der Waals surface area contributed by atoms with Gasteiger partial charge in [-0.15, -0.1) is 0 Å². The molecule has 0 spiro atoms. The zero-order valence-corrected chi connectivity index (χ0v) is 21.2. The van der Waals surface area contributed by atoms with Crippen LogP contribution in [0.1, 0.15) is 65.7 Å². The Balaban J connectivity index is 1.54. The van der Waals surface area contributed by atoms with Crippen LogP contribution in [0.4, 0.5) is 0 Å². The molecule has 2 aliphatic heterocycles. The fourth-order valence-electron chi connectivity index (χ4n) is 4.79. The summed E-state index contributed by atoms with van der Waals surface area (Å²) in [6.07, 6.45) is 3.07. The molecule has 0 bridgehead atoms. The van der Waals surface area contributed by atoms with E-state index >= 15 is 0 Å². The molecule has 37 heavy (non-hydrogen) atoms. The van der Waals surface area contributed by atoms with Crippen LogP contribution in [0.2, 0.25) is 0 Å². The molecule has 2 heterocycles. The molecular formula is C26H36N4O7. The first-order valence-electron chi connectivity index (χ1n) is 12.8. The first-order valence-corrected chi connectivity index (χ1v) is 12.8. The summed E-state index contributed by atoms with van der Waals surface area (Å²) in [4.78, 5) is 63.1. The van der Waals surface area contributed by atoms with E-state index in [-0.39, 0.29) is 23.6 Å². The van der Waals surface area contributed by atoms with Gasteiger partial charge in [0.25, 0.3) is 5.91 Å². The van der Waals surface area contributed by atoms with Crippen LogP contribution in [-0.4, -0.2) is 79.1 Å². The maximum Gasteiger partial charge on any atom is 0.337 e. The molecule has 0 radical (unpaired) electrons. The van der Waals surface area contributed by atoms with Gasteiger partial charge in [0, 0.05) is 25.1 Å². The van der Waals surface area contributed by atoms with Gasteiger partial charge in [-0.3, -0.25) is 19.2 Å². The number of aliphatic carboxylic acids is 1. The standard InChI is InChI=1S/C26H36N4O7/c1-37-26(36)19-7-5-18(6-8-19)24(34)28-21(15-23(32)33)29-25(35)20-3-2-14-30(16-20)22(31)9-4-17-10-12-27-13-11-17/h5-8,17,20-21,27H,2-4,9-16H2,1H3,(H,28,34)(H,29,35)(H,32,33)/t20-,21-/m1/s1. The van der Waals surface area contributed by atoms with Crippen molar-refractivity contribution in [3.8, 4) is 0 Å². The molecule has 11 nitrogen and oxygen atoms in total. The summed E-state index contributed by atoms with van der Waals surface area (Å²) in [7, 11) is 1.25. The van der Waals surface area contributed by atoms with Crippen molar-refractivity contribution >= 4 is 29.7 Å². The van der Waals surface area contributed by atoms with Crippen LogP contribution in [0, 0.1) is 11.8 Å². The predicted octanol–water partition coefficient (Wildman–Crippen LogP) is 1.14. The number of piperidine rings is 2. The number of nitrogens with zero attached hydrogens (tertiary/aromatic N) is 1. The Bertz CT molecular complexity index is 976. The molecule has 2 saturated heterocycles. The minimum absolute atomic E-state index is 0.0434. The SMILES string of the molecule is COC(=O)c1ccc(C(=O)N[C@@H](CC(=O)O)NC(=O)[C@@H]2CCCN(C(=O)CCC3CCNCC3)C2)cc1. The Morgan fingerprint density at radius 1 is 1.05 bits per heavy atom. The van der Waals surface area contributed by atoms with Gasteiger partial charge in [0.15, 0.2) is 0 Å². The van der Waals surface area contributed by atoms with E-state index in [1.54, 1.807) is 4.90 Å². The number of hydrogen-bond acceptors (Lipinski definition) is 7. The van der Waals surface area contributed by atoms with Crippen LogP contribution in [0.5, 0.6) is 0 Å². The van der Waals surface area contributed by atoms with Crippen molar-refractivity contribution in [3.05, 3.63) is 35.4 Å². The summed E-state index contributed by atoms with van der Waals surface area (Å²) in [5.41, 5.74) is 0.460. The summed E-state index contributed by atoms with van der Waals surface area (Å²) in [5, 5.41) is 17.8. The van der Waals surface area contributed by atoms with E-state index in [0.29, 0.717) is 31.7 Å². The molecular weight excluding hydrogens is 480 g/mol. The van der Waals surface area contributed by atoms with Gasteiger partial charge in [0.1, 0.15) is 6.17 Å². The second-order valence-corrected chi connectivity index (χ2v) is 9.61. The van der Waals surface area contributed by atoms with Crippen LogP contribution >= 0.6 is 0 Å². The highest BCUT2D eigenvalue weighted by molar-refractivity contribution is 5.96. The maximum absolute atomic E-state index is 13.0. The van der Waals surface area contributed by atoms with E-state index in [1.807, 2.05) is 0 Å². The van der Waals surface area contributed by atoms with Crippen molar-refractivity contribution in [1.82, 2.24) is 20.9 Å². The summed E-state index contributed by atoms with van der Waals surface area (Å²) in [6.45, 7) is 2.85. The second kappa shape index (κ2) is 13.7. The quantitative estimate of drug-likeness (QED) is 0.267. The van der Waals surface area contributed by atoms with Gasteiger partial charge in [0.2, 0.25) is 11.8 Å². The highest BCUT2D eigenvalue weighted by Crippen LogP contribution is 2.21. The average molecular weight is 517 g/mol. The number of likely N-dealkylation sites (tertiary alicyclic amines) is 1. The summed E-state index contributed by atoms with van der Waals surface area (Å²) in [6, 6.07) is 5.67. The fraction of sp³-hybridized carbons (Fsp3) is 0.577. The number of carboxylic acid groups (broad SMARTS) is 1. The molecule has 3 amide bonds. The summed E-state index contributed by atoms with van der Waals surface area (Å²) >= 11 is 0. The lowest BCUT2D eigenvalue weighted by atomic mass is 9.92. The smallest absolute Gasteiger partial charge is 0.337 e. The Labute approximate surface area is 216 Å². The minimum Gasteiger partial charge on any atom is -0.481 e. The number of amides is 3. The summed E-state index contributed by atoms with van der Waals surface area (Å²) < 4.78 is 4.63. The first kappa shape index (κ1) is 28.1. The van der Waals surface area contributed by atoms with Gasteiger partial charge in [-0.1, -0.05) is 0 Å². The van der Waals surface area contributed by atoms with Crippen molar-refractivity contribution in [2.75, 3.05) is 33.3 Å². The van der Waals surface area contributed by atoms with Crippen LogP contribution < -0.4 is 16.0 Å². The minimum atomic E-state index is -1.19. The number of methoxy groups -OCH3 is 1. The fourth-order valence-corrected chi connectivity index (χ4v) is 4.79. The van der Waals surface area contributed by atoms with Crippen molar-refractivity contribution in [2.24, 2.45) is 11.8 Å². The number of nitrogens with one attached hydrogen (secondary N) is 3. The Hall–Kier alpha value is -3.47. The van der Waals surface area contributed by atoms with E-state index in [1.165, 1.54) is 31.4 Å². The number of carbonyl (C=O) groups excluding carboxylic acids is 4. The van der Waals surface area contributed by atoms with Gasteiger partial charge in [-0.05, 0) is 75.4 Å². The van der Waals surface area contributed by atoms with Crippen molar-refractivity contribution < 1.29 is 33.8 Å². The molecule has 1 aromatic carbocycles. The molecule has 2 atom stereocenters. The van der Waals surface area contributed by atoms with Crippen LogP contribution in [-0.2, 0) is 19.1 Å². The number of hydrogen-bond donors (Lipinski definition) is 4. The van der Waals surface area contributed by atoms with Crippen LogP contribution in [0.25, 0.3) is 0 Å². The molecule has 4 N–H and O–H groups in total. The van der Waals surface area contributed by atoms with Crippen molar-refractivity contribution in [1.29, 1.82) is 0 Å². The molecule has 2 fully saturated rings. The van der Waals surface area contributed by atoms with E-state index in [2.05, 4.69) is 20.7 Å². The first-order chi connectivity index (χ1) is 17.8. The molecule has 2 aliphatic rings. The zero-order valence-electron chi connectivity index (χ0n) is 21.2. The molecule has 202 valence electrons. The largest absolute Gasteiger partial charge is 0.481 e. The topological polar surface area (TPSA) is 154 Å². The lowest BCUT2D eigenvalue weighted by molar-refractivity contribution is -0.138. The Kier molecular flexibility index (Phi) is 10.4. The lowest BCUT2D eigenvalue weighted by Crippen LogP contribution is -2.53. The monoisotopic (exact) mass is 516 g/mol. The zero-order chi connectivity index (χ0) is 26.8. The van der Waals surface area contributed by atoms with E-state index < -0.39 is 42.3 Å². The third kappa shape index (κ3) is 8.56. The van der Waals surface area contributed by atoms with Crippen molar-refractivity contribution in [3.63, 3.8) is 0 Å². The summed E-state index contributed by atoms with van der Waals surface area (Å²) in [5.74, 6) is -2.62. The lowest BCUT2D eigenvalue weighted by Gasteiger charge is -2.33. The van der Waals surface area contributed by atoms with Gasteiger partial charge >= 0.3 is 11.9 Å².